The molecule has 2 aliphatic heterocycles. The zero-order valence-corrected chi connectivity index (χ0v) is 36.0. The molecular weight excluding hydrogens is 744 g/mol. The lowest BCUT2D eigenvalue weighted by molar-refractivity contribution is -0.119. The van der Waals surface area contributed by atoms with Gasteiger partial charge in [-0.2, -0.15) is 0 Å². The number of amides is 2. The van der Waals surface area contributed by atoms with Crippen LogP contribution < -0.4 is 9.80 Å². The molecule has 0 aromatic heterocycles. The number of anilines is 2. The molecule has 4 aliphatic rings. The van der Waals surface area contributed by atoms with Crippen molar-refractivity contribution in [3.8, 4) is 0 Å². The lowest BCUT2D eigenvalue weighted by Crippen LogP contribution is -2.43. The third kappa shape index (κ3) is 17.4. The third-order valence-corrected chi connectivity index (χ3v) is 12.8. The first-order chi connectivity index (χ1) is 26.4. The number of alkyl halides is 1. The highest BCUT2D eigenvalue weighted by Crippen LogP contribution is 2.29. The van der Waals surface area contributed by atoms with Crippen LogP contribution in [0.1, 0.15) is 137 Å². The number of carbonyl (C=O) groups is 2. The quantitative estimate of drug-likeness (QED) is 0.189. The van der Waals surface area contributed by atoms with Crippen LogP contribution in [0.3, 0.4) is 0 Å². The van der Waals surface area contributed by atoms with E-state index < -0.39 is 0 Å². The molecule has 0 radical (unpaired) electrons. The van der Waals surface area contributed by atoms with Crippen LogP contribution in [0, 0.1) is 23.7 Å². The molecule has 6 rings (SSSR count). The van der Waals surface area contributed by atoms with Crippen LogP contribution in [0.5, 0.6) is 0 Å². The Labute approximate surface area is 346 Å². The van der Waals surface area contributed by atoms with Gasteiger partial charge in [0.25, 0.3) is 0 Å². The van der Waals surface area contributed by atoms with Crippen LogP contribution in [0.15, 0.2) is 60.7 Å². The number of para-hydroxylation sites is 2. The topological polar surface area (TPSA) is 47.1 Å². The summed E-state index contributed by atoms with van der Waals surface area (Å²) >= 11 is 3.48. The highest BCUT2D eigenvalue weighted by Gasteiger charge is 2.26. The van der Waals surface area contributed by atoms with Gasteiger partial charge in [-0.15, -0.1) is 0 Å². The van der Waals surface area contributed by atoms with Crippen LogP contribution in [-0.4, -0.2) is 79.8 Å². The molecule has 2 heterocycles. The van der Waals surface area contributed by atoms with Gasteiger partial charge in [0.1, 0.15) is 0 Å². The standard InChI is InChI=1S/C23H36N2O.C16H24N2O.C8H15Br.CH4/c1-2-23(26)25(22-13-7-4-8-14-22)19-21-12-9-16-24(18-21)17-15-20-10-5-3-6-11-20;1-3-16(19)18(15-9-5-4-6-10-15)13-14-8-7-11-17(2)12-14;9-7-6-8-4-2-1-3-5-8;/h4,7-8,13-14,20-21H,2-3,5-6,9-12,15-19H2,1H3;4-6,9-10,14H,3,7-8,11-13H2,1-2H3;8H,1-7H2;1H4/t21-;14-;;/m11../s1. The summed E-state index contributed by atoms with van der Waals surface area (Å²) < 4.78 is 0. The van der Waals surface area contributed by atoms with Gasteiger partial charge in [-0.1, -0.05) is 138 Å². The molecule has 2 aromatic carbocycles. The molecule has 2 atom stereocenters. The fourth-order valence-corrected chi connectivity index (χ4v) is 9.86. The minimum absolute atomic E-state index is 0. The lowest BCUT2D eigenvalue weighted by atomic mass is 9.86. The van der Waals surface area contributed by atoms with Crippen molar-refractivity contribution < 1.29 is 9.59 Å². The normalized spacial score (nSPS) is 21.2. The van der Waals surface area contributed by atoms with Crippen LogP contribution in [0.4, 0.5) is 11.4 Å². The Balaban J connectivity index is 0.000000245. The van der Waals surface area contributed by atoms with E-state index in [9.17, 15) is 9.59 Å². The van der Waals surface area contributed by atoms with Gasteiger partial charge in [-0.3, -0.25) is 9.59 Å². The molecule has 0 bridgehead atoms. The predicted octanol–water partition coefficient (Wildman–Crippen LogP) is 11.9. The van der Waals surface area contributed by atoms with Gasteiger partial charge >= 0.3 is 0 Å². The average Bonchev–Trinajstić information content (AvgIpc) is 3.23. The first kappa shape index (κ1) is 47.2. The van der Waals surface area contributed by atoms with Gasteiger partial charge in [0.15, 0.2) is 0 Å². The zero-order valence-electron chi connectivity index (χ0n) is 34.5. The summed E-state index contributed by atoms with van der Waals surface area (Å²) in [6.07, 6.45) is 23.6. The highest BCUT2D eigenvalue weighted by molar-refractivity contribution is 9.09. The van der Waals surface area contributed by atoms with Crippen LogP contribution in [0.25, 0.3) is 0 Å². The second-order valence-corrected chi connectivity index (χ2v) is 17.5. The Bertz CT molecular complexity index is 1280. The predicted molar refractivity (Wildman–Crippen MR) is 240 cm³/mol. The number of rotatable bonds is 13. The number of likely N-dealkylation sites (tertiary alicyclic amines) is 2. The molecule has 2 saturated carbocycles. The molecule has 0 spiro atoms. The van der Waals surface area contributed by atoms with Crippen LogP contribution in [0.2, 0.25) is 0 Å². The molecule has 7 heteroatoms. The lowest BCUT2D eigenvalue weighted by Gasteiger charge is -2.36. The Morgan fingerprint density at radius 1 is 0.600 bits per heavy atom. The van der Waals surface area contributed by atoms with E-state index in [2.05, 4.69) is 44.9 Å². The van der Waals surface area contributed by atoms with Crippen molar-refractivity contribution in [3.63, 3.8) is 0 Å². The van der Waals surface area contributed by atoms with Gasteiger partial charge in [0, 0.05) is 55.7 Å². The van der Waals surface area contributed by atoms with E-state index in [1.165, 1.54) is 128 Å². The van der Waals surface area contributed by atoms with Gasteiger partial charge < -0.3 is 19.6 Å². The molecule has 2 saturated heterocycles. The molecule has 6 nitrogen and oxygen atoms in total. The number of carbonyl (C=O) groups excluding carboxylic acids is 2. The van der Waals surface area contributed by atoms with E-state index in [-0.39, 0.29) is 19.2 Å². The van der Waals surface area contributed by atoms with E-state index in [1.807, 2.05) is 72.2 Å². The van der Waals surface area contributed by atoms with Crippen LogP contribution in [-0.2, 0) is 9.59 Å². The molecular formula is C48H79BrN4O2. The molecule has 4 fully saturated rings. The summed E-state index contributed by atoms with van der Waals surface area (Å²) in [6, 6.07) is 20.3. The molecule has 2 amide bonds. The minimum Gasteiger partial charge on any atom is -0.312 e. The smallest absolute Gasteiger partial charge is 0.226 e. The van der Waals surface area contributed by atoms with Gasteiger partial charge in [0.2, 0.25) is 11.8 Å². The summed E-state index contributed by atoms with van der Waals surface area (Å²) in [6.45, 7) is 11.6. The van der Waals surface area contributed by atoms with Crippen molar-refractivity contribution in [1.82, 2.24) is 9.80 Å². The van der Waals surface area contributed by atoms with E-state index in [4.69, 9.17) is 0 Å². The van der Waals surface area contributed by atoms with Gasteiger partial charge in [0.05, 0.1) is 0 Å². The Morgan fingerprint density at radius 2 is 1.04 bits per heavy atom. The summed E-state index contributed by atoms with van der Waals surface area (Å²) in [5.41, 5.74) is 2.08. The number of benzene rings is 2. The maximum absolute atomic E-state index is 12.5. The number of nitrogens with zero attached hydrogens (tertiary/aromatic N) is 4. The van der Waals surface area contributed by atoms with Crippen molar-refractivity contribution >= 4 is 39.1 Å². The van der Waals surface area contributed by atoms with Crippen LogP contribution >= 0.6 is 15.9 Å². The fourth-order valence-electron chi connectivity index (χ4n) is 9.21. The van der Waals surface area contributed by atoms with E-state index in [0.29, 0.717) is 24.7 Å². The van der Waals surface area contributed by atoms with E-state index >= 15 is 0 Å². The average molecular weight is 824 g/mol. The summed E-state index contributed by atoms with van der Waals surface area (Å²) in [5, 5.41) is 1.21. The second kappa shape index (κ2) is 27.4. The molecule has 2 aromatic rings. The summed E-state index contributed by atoms with van der Waals surface area (Å²) in [7, 11) is 2.17. The maximum Gasteiger partial charge on any atom is 0.226 e. The van der Waals surface area contributed by atoms with Crippen molar-refractivity contribution in [2.24, 2.45) is 23.7 Å². The Morgan fingerprint density at radius 3 is 1.49 bits per heavy atom. The number of piperidine rings is 2. The Hall–Kier alpha value is -2.22. The molecule has 2 aliphatic carbocycles. The van der Waals surface area contributed by atoms with Gasteiger partial charge in [-0.05, 0) is 113 Å². The summed E-state index contributed by atoms with van der Waals surface area (Å²) in [5.74, 6) is 3.68. The van der Waals surface area contributed by atoms with E-state index in [1.54, 1.807) is 0 Å². The van der Waals surface area contributed by atoms with Crippen molar-refractivity contribution in [3.05, 3.63) is 60.7 Å². The van der Waals surface area contributed by atoms with Crippen molar-refractivity contribution in [2.75, 3.05) is 68.0 Å². The fraction of sp³-hybridized carbons (Fsp3) is 0.708. The maximum atomic E-state index is 12.5. The molecule has 0 N–H and O–H groups in total. The Kier molecular flexibility index (Phi) is 23.5. The van der Waals surface area contributed by atoms with Crippen molar-refractivity contribution in [2.45, 2.75) is 137 Å². The van der Waals surface area contributed by atoms with Gasteiger partial charge in [-0.25, -0.2) is 0 Å². The zero-order chi connectivity index (χ0) is 38.4. The highest BCUT2D eigenvalue weighted by atomic mass is 79.9. The molecule has 310 valence electrons. The minimum atomic E-state index is 0. The SMILES string of the molecule is BrCCC1CCCCC1.C.CCC(=O)N(C[C@@H]1CCCN(C)C1)c1ccccc1.CCC(=O)N(C[C@@H]1CCCN(CCC2CCCCC2)C1)c1ccccc1. The first-order valence-corrected chi connectivity index (χ1v) is 23.2. The number of hydrogen-bond donors (Lipinski definition) is 0. The molecule has 0 unspecified atom stereocenters. The summed E-state index contributed by atoms with van der Waals surface area (Å²) in [4.78, 5) is 33.7. The third-order valence-electron chi connectivity index (χ3n) is 12.4. The number of hydrogen-bond acceptors (Lipinski definition) is 4. The number of halogens is 1. The second-order valence-electron chi connectivity index (χ2n) is 16.7. The first-order valence-electron chi connectivity index (χ1n) is 22.1. The molecule has 55 heavy (non-hydrogen) atoms. The van der Waals surface area contributed by atoms with E-state index in [0.717, 1.165) is 49.4 Å². The monoisotopic (exact) mass is 823 g/mol. The largest absolute Gasteiger partial charge is 0.312 e. The van der Waals surface area contributed by atoms with Crippen molar-refractivity contribution in [1.29, 1.82) is 0 Å².